The molecule has 0 saturated carbocycles. The van der Waals surface area contributed by atoms with Crippen molar-refractivity contribution >= 4 is 17.4 Å². The highest BCUT2D eigenvalue weighted by Gasteiger charge is 2.15. The molecule has 2 aromatic rings. The topological polar surface area (TPSA) is 77.2 Å². The minimum atomic E-state index is -0.660. The zero-order valence-electron chi connectivity index (χ0n) is 14.2. The molecule has 0 spiro atoms. The Morgan fingerprint density at radius 2 is 2.12 bits per heavy atom. The van der Waals surface area contributed by atoms with Gasteiger partial charge in [0.15, 0.2) is 11.6 Å². The number of carbonyl (C=O) groups is 1. The molecule has 0 fully saturated rings. The summed E-state index contributed by atoms with van der Waals surface area (Å²) in [5, 5.41) is 2.49. The maximum absolute atomic E-state index is 14.5. The highest BCUT2D eigenvalue weighted by molar-refractivity contribution is 6.07. The number of benzene rings is 1. The number of hydrogen-bond donors (Lipinski definition) is 2. The van der Waals surface area contributed by atoms with Gasteiger partial charge in [-0.2, -0.15) is 0 Å². The van der Waals surface area contributed by atoms with Gasteiger partial charge >= 0.3 is 0 Å². The number of nitrogens with one attached hydrogen (secondary N) is 1. The largest absolute Gasteiger partial charge is 0.478 e. The zero-order chi connectivity index (χ0) is 18.2. The van der Waals surface area contributed by atoms with E-state index in [1.54, 1.807) is 25.1 Å². The first-order valence-corrected chi connectivity index (χ1v) is 7.94. The smallest absolute Gasteiger partial charge is 0.259 e. The maximum atomic E-state index is 14.5. The Morgan fingerprint density at radius 1 is 1.32 bits per heavy atom. The molecule has 1 amide bonds. The standard InChI is InChI=1S/C19H20FN3O2/c1-3-4-5-6-12-25-16-9-7-8-15(17(16)20)23-19(24)14-11-10-13(2)22-18(14)21/h7-11H,3-4,12H2,1-2H3,(H2,21,22)(H,23,24). The number of unbranched alkanes of at least 4 members (excludes halogenated alkanes) is 1. The number of pyridine rings is 1. The van der Waals surface area contributed by atoms with Crippen molar-refractivity contribution in [2.45, 2.75) is 26.7 Å². The summed E-state index contributed by atoms with van der Waals surface area (Å²) in [6.45, 7) is 3.88. The van der Waals surface area contributed by atoms with E-state index in [4.69, 9.17) is 10.5 Å². The summed E-state index contributed by atoms with van der Waals surface area (Å²) in [5.41, 5.74) is 6.62. The lowest BCUT2D eigenvalue weighted by molar-refractivity contribution is 0.102. The van der Waals surface area contributed by atoms with Gasteiger partial charge in [-0.1, -0.05) is 24.8 Å². The van der Waals surface area contributed by atoms with Crippen LogP contribution in [0.3, 0.4) is 0 Å². The molecule has 3 N–H and O–H groups in total. The minimum absolute atomic E-state index is 0.00370. The first kappa shape index (κ1) is 18.3. The minimum Gasteiger partial charge on any atom is -0.478 e. The lowest BCUT2D eigenvalue weighted by atomic mass is 10.2. The quantitative estimate of drug-likeness (QED) is 0.816. The predicted octanol–water partition coefficient (Wildman–Crippen LogP) is 3.55. The third kappa shape index (κ3) is 4.95. The summed E-state index contributed by atoms with van der Waals surface area (Å²) < 4.78 is 19.8. The first-order chi connectivity index (χ1) is 12.0. The Kier molecular flexibility index (Phi) is 6.35. The number of nitrogens with zero attached hydrogens (tertiary/aromatic N) is 1. The van der Waals surface area contributed by atoms with Crippen molar-refractivity contribution in [3.8, 4) is 17.6 Å². The second kappa shape index (κ2) is 8.69. The van der Waals surface area contributed by atoms with Crippen molar-refractivity contribution in [2.24, 2.45) is 0 Å². The molecular formula is C19H20FN3O2. The number of nitrogens with two attached hydrogens (primary N) is 1. The van der Waals surface area contributed by atoms with E-state index in [0.29, 0.717) is 5.69 Å². The van der Waals surface area contributed by atoms with Crippen molar-refractivity contribution in [3.05, 3.63) is 47.4 Å². The van der Waals surface area contributed by atoms with Crippen molar-refractivity contribution in [1.82, 2.24) is 4.98 Å². The molecule has 0 aliphatic rings. The molecular weight excluding hydrogens is 321 g/mol. The first-order valence-electron chi connectivity index (χ1n) is 7.94. The van der Waals surface area contributed by atoms with Gasteiger partial charge in [0.05, 0.1) is 11.3 Å². The summed E-state index contributed by atoms with van der Waals surface area (Å²) in [5.74, 6) is 4.65. The Bertz CT molecular complexity index is 825. The third-order valence-electron chi connectivity index (χ3n) is 3.32. The van der Waals surface area contributed by atoms with Gasteiger partial charge < -0.3 is 15.8 Å². The van der Waals surface area contributed by atoms with E-state index in [2.05, 4.69) is 22.1 Å². The lowest BCUT2D eigenvalue weighted by Gasteiger charge is -2.11. The summed E-state index contributed by atoms with van der Waals surface area (Å²) in [4.78, 5) is 16.3. The van der Waals surface area contributed by atoms with Crippen LogP contribution in [0.2, 0.25) is 0 Å². The number of anilines is 2. The Hall–Kier alpha value is -3.07. The average molecular weight is 341 g/mol. The van der Waals surface area contributed by atoms with Crippen molar-refractivity contribution in [2.75, 3.05) is 17.7 Å². The average Bonchev–Trinajstić information content (AvgIpc) is 2.57. The summed E-state index contributed by atoms with van der Waals surface area (Å²) in [6.07, 6.45) is 1.73. The van der Waals surface area contributed by atoms with E-state index in [0.717, 1.165) is 12.8 Å². The van der Waals surface area contributed by atoms with Gasteiger partial charge in [-0.3, -0.25) is 4.79 Å². The van der Waals surface area contributed by atoms with Crippen LogP contribution in [0, 0.1) is 24.6 Å². The Morgan fingerprint density at radius 3 is 2.84 bits per heavy atom. The van der Waals surface area contributed by atoms with Crippen molar-refractivity contribution in [3.63, 3.8) is 0 Å². The van der Waals surface area contributed by atoms with Crippen LogP contribution < -0.4 is 15.8 Å². The summed E-state index contributed by atoms with van der Waals surface area (Å²) >= 11 is 0. The molecule has 1 aromatic carbocycles. The van der Waals surface area contributed by atoms with Crippen LogP contribution in [0.5, 0.6) is 5.75 Å². The van der Waals surface area contributed by atoms with Gasteiger partial charge in [-0.15, -0.1) is 0 Å². The van der Waals surface area contributed by atoms with Crippen LogP contribution in [0.15, 0.2) is 30.3 Å². The van der Waals surface area contributed by atoms with E-state index >= 15 is 0 Å². The zero-order valence-corrected chi connectivity index (χ0v) is 14.2. The number of rotatable bonds is 5. The molecule has 25 heavy (non-hydrogen) atoms. The molecule has 0 bridgehead atoms. The van der Waals surface area contributed by atoms with Gasteiger partial charge in [0.2, 0.25) is 0 Å². The van der Waals surface area contributed by atoms with E-state index < -0.39 is 11.7 Å². The monoisotopic (exact) mass is 341 g/mol. The number of aromatic nitrogens is 1. The SMILES string of the molecule is CCCC#CCOc1cccc(NC(=O)c2ccc(C)nc2N)c1F. The normalized spacial score (nSPS) is 9.88. The second-order valence-corrected chi connectivity index (χ2v) is 5.35. The van der Waals surface area contributed by atoms with Crippen molar-refractivity contribution < 1.29 is 13.9 Å². The van der Waals surface area contributed by atoms with Gasteiger partial charge in [-0.25, -0.2) is 9.37 Å². The number of nitrogen functional groups attached to an aromatic ring is 1. The highest BCUT2D eigenvalue weighted by atomic mass is 19.1. The van der Waals surface area contributed by atoms with Crippen LogP contribution in [0.4, 0.5) is 15.9 Å². The fraction of sp³-hybridized carbons (Fsp3) is 0.263. The molecule has 0 atom stereocenters. The molecule has 2 rings (SSSR count). The number of amides is 1. The van der Waals surface area contributed by atoms with Gasteiger partial charge in [-0.05, 0) is 37.6 Å². The molecule has 0 saturated heterocycles. The molecule has 0 unspecified atom stereocenters. The molecule has 1 aromatic heterocycles. The molecule has 0 aliphatic heterocycles. The number of aryl methyl sites for hydroxylation is 1. The lowest BCUT2D eigenvalue weighted by Crippen LogP contribution is -2.16. The Labute approximate surface area is 146 Å². The van der Waals surface area contributed by atoms with Gasteiger partial charge in [0.25, 0.3) is 5.91 Å². The maximum Gasteiger partial charge on any atom is 0.259 e. The van der Waals surface area contributed by atoms with Crippen LogP contribution in [0.1, 0.15) is 35.8 Å². The molecule has 1 heterocycles. The summed E-state index contributed by atoms with van der Waals surface area (Å²) in [6, 6.07) is 7.73. The molecule has 5 nitrogen and oxygen atoms in total. The fourth-order valence-electron chi connectivity index (χ4n) is 2.06. The van der Waals surface area contributed by atoms with Gasteiger partial charge in [0, 0.05) is 12.1 Å². The van der Waals surface area contributed by atoms with E-state index in [1.807, 2.05) is 6.92 Å². The summed E-state index contributed by atoms with van der Waals surface area (Å²) in [7, 11) is 0. The molecule has 6 heteroatoms. The Balaban J connectivity index is 2.11. The van der Waals surface area contributed by atoms with Crippen LogP contribution in [0.25, 0.3) is 0 Å². The van der Waals surface area contributed by atoms with E-state index in [1.165, 1.54) is 12.1 Å². The fourth-order valence-corrected chi connectivity index (χ4v) is 2.06. The molecule has 0 aliphatic carbocycles. The molecule has 0 radical (unpaired) electrons. The molecule has 130 valence electrons. The highest BCUT2D eigenvalue weighted by Crippen LogP contribution is 2.25. The van der Waals surface area contributed by atoms with Crippen LogP contribution >= 0.6 is 0 Å². The second-order valence-electron chi connectivity index (χ2n) is 5.35. The predicted molar refractivity (Wildman–Crippen MR) is 95.9 cm³/mol. The van der Waals surface area contributed by atoms with Crippen molar-refractivity contribution in [1.29, 1.82) is 0 Å². The van der Waals surface area contributed by atoms with E-state index in [-0.39, 0.29) is 29.4 Å². The van der Waals surface area contributed by atoms with Crippen LogP contribution in [-0.2, 0) is 0 Å². The van der Waals surface area contributed by atoms with E-state index in [9.17, 15) is 9.18 Å². The third-order valence-corrected chi connectivity index (χ3v) is 3.32. The number of halogens is 1. The van der Waals surface area contributed by atoms with Gasteiger partial charge in [0.1, 0.15) is 12.4 Å². The number of hydrogen-bond acceptors (Lipinski definition) is 4. The van der Waals surface area contributed by atoms with Crippen LogP contribution in [-0.4, -0.2) is 17.5 Å². The number of carbonyl (C=O) groups excluding carboxylic acids is 1. The number of ether oxygens (including phenoxy) is 1.